The van der Waals surface area contributed by atoms with Gasteiger partial charge in [0, 0.05) is 10.8 Å². The van der Waals surface area contributed by atoms with Crippen molar-refractivity contribution in [2.45, 2.75) is 44.1 Å². The Labute approximate surface area is 205 Å². The van der Waals surface area contributed by atoms with Crippen LogP contribution in [0.15, 0.2) is 91.0 Å². The third-order valence-electron chi connectivity index (χ3n) is 6.07. The first-order valence-electron chi connectivity index (χ1n) is 10.7. The SMILES string of the molecule is CC(C)(c1ccccc1)C(Oc1ccccc1)(C(=O)O)C(C)(C)c1ccccc1.[OH][Ti]([OH])([OH])[OH]. The summed E-state index contributed by atoms with van der Waals surface area (Å²) in [5.74, 6) is -0.466. The zero-order valence-electron chi connectivity index (χ0n) is 19.7. The molecule has 5 N–H and O–H groups in total. The van der Waals surface area contributed by atoms with Gasteiger partial charge in [0.15, 0.2) is 0 Å². The van der Waals surface area contributed by atoms with E-state index in [1.54, 1.807) is 12.1 Å². The Bertz CT molecular complexity index is 989. The van der Waals surface area contributed by atoms with E-state index in [2.05, 4.69) is 0 Å². The molecular weight excluding hydrogens is 472 g/mol. The van der Waals surface area contributed by atoms with E-state index in [-0.39, 0.29) is 0 Å². The van der Waals surface area contributed by atoms with E-state index < -0.39 is 40.5 Å². The molecule has 0 spiro atoms. The van der Waals surface area contributed by atoms with Crippen molar-refractivity contribution in [3.8, 4) is 5.75 Å². The van der Waals surface area contributed by atoms with Gasteiger partial charge in [0.25, 0.3) is 0 Å². The van der Waals surface area contributed by atoms with Gasteiger partial charge >= 0.3 is 38.9 Å². The van der Waals surface area contributed by atoms with Crippen molar-refractivity contribution in [2.24, 2.45) is 0 Å². The molecule has 0 amide bonds. The number of aliphatic carboxylic acids is 1. The maximum atomic E-state index is 13.1. The van der Waals surface area contributed by atoms with Crippen LogP contribution in [0.2, 0.25) is 0 Å². The Kier molecular flexibility index (Phi) is 8.83. The molecular formula is C26H32O7Ti. The summed E-state index contributed by atoms with van der Waals surface area (Å²) in [7, 11) is 0. The molecule has 0 saturated heterocycles. The average molecular weight is 504 g/mol. The van der Waals surface area contributed by atoms with Gasteiger partial charge in [-0.1, -0.05) is 107 Å². The number of benzene rings is 3. The van der Waals surface area contributed by atoms with E-state index in [0.29, 0.717) is 5.75 Å². The summed E-state index contributed by atoms with van der Waals surface area (Å²) >= 11 is -5.00. The van der Waals surface area contributed by atoms with Crippen molar-refractivity contribution in [3.63, 3.8) is 0 Å². The van der Waals surface area contributed by atoms with E-state index in [4.69, 9.17) is 19.5 Å². The molecule has 0 radical (unpaired) electrons. The fraction of sp³-hybridized carbons (Fsp3) is 0.269. The van der Waals surface area contributed by atoms with Crippen molar-refractivity contribution in [2.75, 3.05) is 0 Å². The Hall–Kier alpha value is -2.52. The molecule has 3 aromatic carbocycles. The Morgan fingerprint density at radius 2 is 0.941 bits per heavy atom. The van der Waals surface area contributed by atoms with Gasteiger partial charge in [-0.05, 0) is 23.3 Å². The summed E-state index contributed by atoms with van der Waals surface area (Å²) in [6, 6.07) is 28.7. The average Bonchev–Trinajstić information content (AvgIpc) is 2.77. The van der Waals surface area contributed by atoms with E-state index >= 15 is 0 Å². The molecule has 0 aliphatic carbocycles. The fourth-order valence-electron chi connectivity index (χ4n) is 4.40. The van der Waals surface area contributed by atoms with Gasteiger partial charge in [-0.2, -0.15) is 0 Å². The predicted octanol–water partition coefficient (Wildman–Crippen LogP) is 3.61. The second-order valence-electron chi connectivity index (χ2n) is 8.98. The minimum atomic E-state index is -5.00. The minimum absolute atomic E-state index is 0.530. The second-order valence-corrected chi connectivity index (χ2v) is 10.9. The van der Waals surface area contributed by atoms with Crippen LogP contribution < -0.4 is 4.74 Å². The molecule has 34 heavy (non-hydrogen) atoms. The van der Waals surface area contributed by atoms with Crippen molar-refractivity contribution in [3.05, 3.63) is 102 Å². The van der Waals surface area contributed by atoms with Crippen LogP contribution in [0, 0.1) is 0 Å². The predicted molar refractivity (Wildman–Crippen MR) is 125 cm³/mol. The van der Waals surface area contributed by atoms with E-state index in [1.807, 2.05) is 107 Å². The van der Waals surface area contributed by atoms with Crippen LogP contribution in [0.25, 0.3) is 0 Å². The molecule has 0 aliphatic rings. The fourth-order valence-corrected chi connectivity index (χ4v) is 4.40. The zero-order chi connectivity index (χ0) is 25.6. The van der Waals surface area contributed by atoms with Crippen molar-refractivity contribution in [1.29, 1.82) is 0 Å². The summed E-state index contributed by atoms with van der Waals surface area (Å²) in [6.45, 7) is 7.79. The van der Waals surface area contributed by atoms with Gasteiger partial charge < -0.3 is 9.84 Å². The molecule has 3 rings (SSSR count). The summed E-state index contributed by atoms with van der Waals surface area (Å²) in [4.78, 5) is 13.1. The van der Waals surface area contributed by atoms with Gasteiger partial charge in [-0.25, -0.2) is 4.79 Å². The summed E-state index contributed by atoms with van der Waals surface area (Å²) in [5.41, 5.74) is -1.47. The maximum absolute atomic E-state index is 13.1. The molecule has 0 fully saturated rings. The monoisotopic (exact) mass is 504 g/mol. The number of carbonyl (C=O) groups is 1. The van der Waals surface area contributed by atoms with Crippen molar-refractivity contribution < 1.29 is 47.5 Å². The second kappa shape index (κ2) is 10.8. The number of rotatable bonds is 7. The van der Waals surface area contributed by atoms with Crippen LogP contribution in [-0.2, 0) is 33.8 Å². The third-order valence-corrected chi connectivity index (χ3v) is 6.07. The van der Waals surface area contributed by atoms with Gasteiger partial charge in [0.2, 0.25) is 5.60 Å². The number of para-hydroxylation sites is 1. The molecule has 0 heterocycles. The Morgan fingerprint density at radius 3 is 1.24 bits per heavy atom. The quantitative estimate of drug-likeness (QED) is 0.311. The number of hydrogen-bond donors (Lipinski definition) is 5. The van der Waals surface area contributed by atoms with Crippen LogP contribution in [0.3, 0.4) is 0 Å². The Morgan fingerprint density at radius 1 is 0.647 bits per heavy atom. The van der Waals surface area contributed by atoms with Crippen LogP contribution in [0.1, 0.15) is 38.8 Å². The molecule has 0 bridgehead atoms. The normalized spacial score (nSPS) is 12.4. The molecule has 0 saturated carbocycles. The molecule has 182 valence electrons. The first kappa shape index (κ1) is 27.7. The van der Waals surface area contributed by atoms with E-state index in [1.165, 1.54) is 0 Å². The Balaban J connectivity index is 0.000000739. The van der Waals surface area contributed by atoms with E-state index in [0.717, 1.165) is 11.1 Å². The van der Waals surface area contributed by atoms with Crippen molar-refractivity contribution in [1.82, 2.24) is 0 Å². The van der Waals surface area contributed by atoms with Gasteiger partial charge in [-0.15, -0.1) is 0 Å². The van der Waals surface area contributed by atoms with Crippen LogP contribution >= 0.6 is 0 Å². The summed E-state index contributed by atoms with van der Waals surface area (Å²) in [5, 5.41) is 10.8. The molecule has 3 aromatic rings. The van der Waals surface area contributed by atoms with Crippen LogP contribution in [-0.4, -0.2) is 31.4 Å². The molecule has 0 aromatic heterocycles. The molecule has 0 aliphatic heterocycles. The molecule has 7 nitrogen and oxygen atoms in total. The first-order chi connectivity index (χ1) is 15.7. The van der Waals surface area contributed by atoms with E-state index in [9.17, 15) is 9.90 Å². The van der Waals surface area contributed by atoms with Crippen LogP contribution in [0.5, 0.6) is 5.75 Å². The number of hydrogen-bond acceptors (Lipinski definition) is 6. The number of ether oxygens (including phenoxy) is 1. The van der Waals surface area contributed by atoms with Crippen LogP contribution in [0.4, 0.5) is 0 Å². The summed E-state index contributed by atoms with van der Waals surface area (Å²) in [6.07, 6.45) is 0. The number of carboxylic acids is 1. The van der Waals surface area contributed by atoms with Gasteiger partial charge in [-0.3, -0.25) is 0 Å². The molecule has 0 unspecified atom stereocenters. The summed E-state index contributed by atoms with van der Waals surface area (Å²) < 4.78 is 36.0. The topological polar surface area (TPSA) is 127 Å². The van der Waals surface area contributed by atoms with Gasteiger partial charge in [0.05, 0.1) is 0 Å². The molecule has 8 heteroatoms. The molecule has 0 atom stereocenters. The number of carboxylic acid groups (broad SMARTS) is 1. The van der Waals surface area contributed by atoms with Crippen molar-refractivity contribution >= 4 is 5.97 Å². The van der Waals surface area contributed by atoms with Gasteiger partial charge in [0.1, 0.15) is 5.75 Å². The third kappa shape index (κ3) is 6.13. The first-order valence-corrected chi connectivity index (χ1v) is 13.5. The standard InChI is InChI=1S/C26H28O3.4H2O.Ti/c1-24(2,20-14-8-5-9-15-20)26(23(27)28,29-22-18-12-7-13-19-22)25(3,4)21-16-10-6-11-17-21;;;;;/h5-19H,1-4H3,(H,27,28);4*1H2;/q;;;;;+4/p-4. The zero-order valence-corrected chi connectivity index (χ0v) is 21.3.